The Bertz CT molecular complexity index is 766. The molecule has 146 valence electrons. The van der Waals surface area contributed by atoms with Crippen LogP contribution in [-0.4, -0.2) is 81.2 Å². The molecule has 0 unspecified atom stereocenters. The van der Waals surface area contributed by atoms with Gasteiger partial charge in [0.15, 0.2) is 5.69 Å². The number of hydrogen-bond acceptors (Lipinski definition) is 5. The van der Waals surface area contributed by atoms with Gasteiger partial charge in [-0.1, -0.05) is 13.8 Å². The molecule has 1 aromatic rings. The van der Waals surface area contributed by atoms with Gasteiger partial charge < -0.3 is 9.80 Å². The van der Waals surface area contributed by atoms with Crippen molar-refractivity contribution in [2.45, 2.75) is 32.6 Å². The molecule has 3 heterocycles. The summed E-state index contributed by atoms with van der Waals surface area (Å²) in [5.41, 5.74) is 1.21. The molecular weight excluding hydrogens is 418 g/mol. The molecule has 1 N–H and O–H groups in total. The molecule has 3 rings (SSSR count). The number of rotatable bonds is 4. The summed E-state index contributed by atoms with van der Waals surface area (Å²) in [4.78, 5) is 52.6. The SMILES string of the molecule is CC(C)c1[nH]nc(C(=O)N2CCN(C(=O)CN3C(=O)CCC3=O)CC2)c1Br. The van der Waals surface area contributed by atoms with E-state index in [1.807, 2.05) is 13.8 Å². The number of amides is 4. The fraction of sp³-hybridized carbons (Fsp3) is 0.588. The van der Waals surface area contributed by atoms with Crippen molar-refractivity contribution < 1.29 is 19.2 Å². The van der Waals surface area contributed by atoms with Crippen molar-refractivity contribution in [2.75, 3.05) is 32.7 Å². The molecule has 9 nitrogen and oxygen atoms in total. The van der Waals surface area contributed by atoms with Gasteiger partial charge in [-0.25, -0.2) is 0 Å². The molecular formula is C17H22BrN5O4. The minimum absolute atomic E-state index is 0.172. The normalized spacial score (nSPS) is 18.0. The highest BCUT2D eigenvalue weighted by molar-refractivity contribution is 9.10. The zero-order chi connectivity index (χ0) is 19.7. The quantitative estimate of drug-likeness (QED) is 0.695. The summed E-state index contributed by atoms with van der Waals surface area (Å²) in [6, 6.07) is 0. The molecule has 2 fully saturated rings. The van der Waals surface area contributed by atoms with Crippen LogP contribution in [0.4, 0.5) is 0 Å². The second kappa shape index (κ2) is 7.79. The van der Waals surface area contributed by atoms with Gasteiger partial charge in [-0.2, -0.15) is 5.10 Å². The summed E-state index contributed by atoms with van der Waals surface area (Å²) in [5.74, 6) is -0.854. The molecule has 10 heteroatoms. The van der Waals surface area contributed by atoms with Crippen LogP contribution in [0.3, 0.4) is 0 Å². The van der Waals surface area contributed by atoms with E-state index >= 15 is 0 Å². The lowest BCUT2D eigenvalue weighted by Gasteiger charge is -2.35. The minimum Gasteiger partial charge on any atom is -0.338 e. The van der Waals surface area contributed by atoms with Crippen LogP contribution >= 0.6 is 15.9 Å². The zero-order valence-corrected chi connectivity index (χ0v) is 16.9. The van der Waals surface area contributed by atoms with Crippen molar-refractivity contribution in [3.05, 3.63) is 15.9 Å². The number of likely N-dealkylation sites (tertiary alicyclic amines) is 1. The maximum absolute atomic E-state index is 12.7. The number of carbonyl (C=O) groups is 4. The molecule has 2 aliphatic rings. The molecule has 2 saturated heterocycles. The summed E-state index contributed by atoms with van der Waals surface area (Å²) in [5, 5.41) is 7.02. The lowest BCUT2D eigenvalue weighted by molar-refractivity contribution is -0.146. The Balaban J connectivity index is 1.57. The predicted molar refractivity (Wildman–Crippen MR) is 98.8 cm³/mol. The third-order valence-electron chi connectivity index (χ3n) is 4.88. The van der Waals surface area contributed by atoms with E-state index in [0.29, 0.717) is 36.3 Å². The van der Waals surface area contributed by atoms with Gasteiger partial charge in [0.05, 0.1) is 10.2 Å². The number of aromatic amines is 1. The van der Waals surface area contributed by atoms with Crippen molar-refractivity contribution in [1.82, 2.24) is 24.9 Å². The molecule has 0 bridgehead atoms. The number of halogens is 1. The average molecular weight is 440 g/mol. The Kier molecular flexibility index (Phi) is 5.64. The Morgan fingerprint density at radius 3 is 2.15 bits per heavy atom. The van der Waals surface area contributed by atoms with Gasteiger partial charge in [-0.3, -0.25) is 29.2 Å². The fourth-order valence-corrected chi connectivity index (χ4v) is 4.01. The highest BCUT2D eigenvalue weighted by Gasteiger charge is 2.33. The van der Waals surface area contributed by atoms with Crippen molar-refractivity contribution in [1.29, 1.82) is 0 Å². The first-order chi connectivity index (χ1) is 12.8. The Hall–Kier alpha value is -2.23. The molecule has 0 atom stereocenters. The van der Waals surface area contributed by atoms with Gasteiger partial charge in [-0.15, -0.1) is 0 Å². The second-order valence-corrected chi connectivity index (χ2v) is 7.79. The van der Waals surface area contributed by atoms with Crippen LogP contribution in [0.25, 0.3) is 0 Å². The predicted octanol–water partition coefficient (Wildman–Crippen LogP) is 0.729. The Labute approximate surface area is 165 Å². The van der Waals surface area contributed by atoms with Crippen molar-refractivity contribution in [3.63, 3.8) is 0 Å². The number of H-pyrrole nitrogens is 1. The topological polar surface area (TPSA) is 107 Å². The van der Waals surface area contributed by atoms with E-state index < -0.39 is 0 Å². The summed E-state index contributed by atoms with van der Waals surface area (Å²) in [6.07, 6.45) is 0.344. The molecule has 0 saturated carbocycles. The van der Waals surface area contributed by atoms with Crippen LogP contribution in [0.5, 0.6) is 0 Å². The molecule has 4 amide bonds. The number of carbonyl (C=O) groups excluding carboxylic acids is 4. The fourth-order valence-electron chi connectivity index (χ4n) is 3.21. The highest BCUT2D eigenvalue weighted by Crippen LogP contribution is 2.26. The Morgan fingerprint density at radius 1 is 1.07 bits per heavy atom. The van der Waals surface area contributed by atoms with E-state index in [9.17, 15) is 19.2 Å². The van der Waals surface area contributed by atoms with Gasteiger partial charge in [-0.05, 0) is 21.8 Å². The van der Waals surface area contributed by atoms with E-state index in [2.05, 4.69) is 26.1 Å². The minimum atomic E-state index is -0.300. The lowest BCUT2D eigenvalue weighted by atomic mass is 10.1. The van der Waals surface area contributed by atoms with Crippen LogP contribution in [0.2, 0.25) is 0 Å². The number of nitrogens with zero attached hydrogens (tertiary/aromatic N) is 4. The Morgan fingerprint density at radius 2 is 1.63 bits per heavy atom. The monoisotopic (exact) mass is 439 g/mol. The van der Waals surface area contributed by atoms with Crippen LogP contribution in [0.15, 0.2) is 4.47 Å². The zero-order valence-electron chi connectivity index (χ0n) is 15.3. The van der Waals surface area contributed by atoms with Crippen molar-refractivity contribution >= 4 is 39.6 Å². The number of aromatic nitrogens is 2. The van der Waals surface area contributed by atoms with Crippen LogP contribution in [-0.2, 0) is 14.4 Å². The van der Waals surface area contributed by atoms with E-state index in [1.165, 1.54) is 0 Å². The first kappa shape index (κ1) is 19.5. The van der Waals surface area contributed by atoms with E-state index in [0.717, 1.165) is 10.6 Å². The van der Waals surface area contributed by atoms with E-state index in [1.54, 1.807) is 9.80 Å². The van der Waals surface area contributed by atoms with E-state index in [-0.39, 0.29) is 48.9 Å². The average Bonchev–Trinajstić information content (AvgIpc) is 3.18. The van der Waals surface area contributed by atoms with Gasteiger partial charge in [0.25, 0.3) is 5.91 Å². The van der Waals surface area contributed by atoms with E-state index in [4.69, 9.17) is 0 Å². The first-order valence-electron chi connectivity index (χ1n) is 8.93. The number of hydrogen-bond donors (Lipinski definition) is 1. The third kappa shape index (κ3) is 3.90. The smallest absolute Gasteiger partial charge is 0.275 e. The maximum Gasteiger partial charge on any atom is 0.275 e. The van der Waals surface area contributed by atoms with Gasteiger partial charge in [0.1, 0.15) is 6.54 Å². The molecule has 1 aromatic heterocycles. The van der Waals surface area contributed by atoms with Crippen LogP contribution < -0.4 is 0 Å². The molecule has 0 aliphatic carbocycles. The van der Waals surface area contributed by atoms with Crippen LogP contribution in [0, 0.1) is 0 Å². The van der Waals surface area contributed by atoms with Crippen molar-refractivity contribution in [2.24, 2.45) is 0 Å². The van der Waals surface area contributed by atoms with Crippen LogP contribution in [0.1, 0.15) is 48.8 Å². The summed E-state index contributed by atoms with van der Waals surface area (Å²) >= 11 is 3.44. The molecule has 0 aromatic carbocycles. The van der Waals surface area contributed by atoms with Gasteiger partial charge in [0, 0.05) is 39.0 Å². The second-order valence-electron chi connectivity index (χ2n) is 7.00. The largest absolute Gasteiger partial charge is 0.338 e. The molecule has 0 radical (unpaired) electrons. The number of imide groups is 1. The number of nitrogens with one attached hydrogen (secondary N) is 1. The molecule has 27 heavy (non-hydrogen) atoms. The third-order valence-corrected chi connectivity index (χ3v) is 5.68. The van der Waals surface area contributed by atoms with Gasteiger partial charge in [0.2, 0.25) is 17.7 Å². The number of piperazine rings is 1. The molecule has 0 spiro atoms. The summed E-state index contributed by atoms with van der Waals surface area (Å²) in [6.45, 7) is 5.28. The maximum atomic E-state index is 12.7. The summed E-state index contributed by atoms with van der Waals surface area (Å²) < 4.78 is 0.673. The summed E-state index contributed by atoms with van der Waals surface area (Å²) in [7, 11) is 0. The standard InChI is InChI=1S/C17H22BrN5O4/c1-10(2)15-14(18)16(20-19-15)17(27)22-7-5-21(6-8-22)13(26)9-23-11(24)3-4-12(23)25/h10H,3-9H2,1-2H3,(H,19,20). The molecule has 2 aliphatic heterocycles. The highest BCUT2D eigenvalue weighted by atomic mass is 79.9. The van der Waals surface area contributed by atoms with Crippen molar-refractivity contribution in [3.8, 4) is 0 Å². The lowest BCUT2D eigenvalue weighted by Crippen LogP contribution is -2.53. The first-order valence-corrected chi connectivity index (χ1v) is 9.73. The van der Waals surface area contributed by atoms with Gasteiger partial charge >= 0.3 is 0 Å².